The number of halogens is 1. The Labute approximate surface area is 526 Å². The number of benzene rings is 4. The summed E-state index contributed by atoms with van der Waals surface area (Å²) in [5.74, 6) is 1.44. The van der Waals surface area contributed by atoms with Gasteiger partial charge in [-0.15, -0.1) is 0 Å². The van der Waals surface area contributed by atoms with Crippen LogP contribution in [0.3, 0.4) is 0 Å². The predicted molar refractivity (Wildman–Crippen MR) is 352 cm³/mol. The first-order valence-electron chi connectivity index (χ1n) is 29.6. The van der Waals surface area contributed by atoms with E-state index in [1.54, 1.807) is 31.6 Å². The van der Waals surface area contributed by atoms with Crippen molar-refractivity contribution in [3.05, 3.63) is 190 Å². The number of pyridine rings is 2. The van der Waals surface area contributed by atoms with Gasteiger partial charge in [0, 0.05) is 148 Å². The van der Waals surface area contributed by atoms with E-state index in [4.69, 9.17) is 14.0 Å². The highest BCUT2D eigenvalue weighted by molar-refractivity contribution is 9.10. The van der Waals surface area contributed by atoms with Crippen molar-refractivity contribution in [1.82, 2.24) is 38.3 Å². The maximum Gasteiger partial charge on any atom is 0.495 e. The zero-order chi connectivity index (χ0) is 63.1. The molecule has 1 fully saturated rings. The molecule has 3 aliphatic heterocycles. The summed E-state index contributed by atoms with van der Waals surface area (Å²) in [6.45, 7) is 14.6. The molecule has 0 saturated carbocycles. The van der Waals surface area contributed by atoms with Crippen LogP contribution in [0.4, 0.5) is 40.1 Å². The normalized spacial score (nSPS) is 14.9. The van der Waals surface area contributed by atoms with Gasteiger partial charge in [-0.25, -0.2) is 9.97 Å². The summed E-state index contributed by atoms with van der Waals surface area (Å²) >= 11 is 3.47. The third kappa shape index (κ3) is 12.8. The Morgan fingerprint density at radius 1 is 0.708 bits per heavy atom. The molecule has 0 spiro atoms. The minimum Gasteiger partial charge on any atom is -0.461 e. The Kier molecular flexibility index (Phi) is 17.4. The zero-order valence-electron chi connectivity index (χ0n) is 51.9. The van der Waals surface area contributed by atoms with Crippen molar-refractivity contribution < 1.29 is 33.5 Å². The van der Waals surface area contributed by atoms with Gasteiger partial charge in [-0.3, -0.25) is 23.7 Å². The summed E-state index contributed by atoms with van der Waals surface area (Å²) < 4.78 is 26.4. The van der Waals surface area contributed by atoms with Gasteiger partial charge in [0.2, 0.25) is 0 Å². The molecule has 2 amide bonds. The average Bonchev–Trinajstić information content (AvgIpc) is 2.16. The van der Waals surface area contributed by atoms with Gasteiger partial charge in [0.25, 0.3) is 11.8 Å². The number of rotatable bonds is 13. The first-order chi connectivity index (χ1) is 42.6. The molecule has 3 N–H and O–H groups in total. The molecule has 20 nitrogen and oxygen atoms in total. The SMILES string of the molecule is CC(=O)OCc1c(B2OC(C)(C)C(C)(C)O2)cccc1N1CCc2cc(C(C)C)ccc2C1=O.CN(C)c1ccc2c(c1)CCN(c1cccc(-c3cc(Nc4ccn(C)n4)c4nccn4c3)c1CO)C2=O.Cn1ccc(Nc2cc(Br)cn3ccnc23)n1. The lowest BCUT2D eigenvalue weighted by Crippen LogP contribution is -2.42. The maximum atomic E-state index is 13.6. The molecule has 0 radical (unpaired) electrons. The lowest BCUT2D eigenvalue weighted by molar-refractivity contribution is -0.142. The van der Waals surface area contributed by atoms with Crippen molar-refractivity contribution in [1.29, 1.82) is 0 Å². The third-order valence-corrected chi connectivity index (χ3v) is 17.2. The summed E-state index contributed by atoms with van der Waals surface area (Å²) in [6.07, 6.45) is 16.5. The molecule has 0 bridgehead atoms. The molecule has 89 heavy (non-hydrogen) atoms. The highest BCUT2D eigenvalue weighted by Crippen LogP contribution is 2.40. The number of carbonyl (C=O) groups excluding carboxylic acids is 3. The Balaban J connectivity index is 0.000000147. The van der Waals surface area contributed by atoms with Crippen LogP contribution in [0.2, 0.25) is 0 Å². The number of nitrogens with zero attached hydrogens (tertiary/aromatic N) is 11. The van der Waals surface area contributed by atoms with Crippen molar-refractivity contribution in [2.45, 2.75) is 91.6 Å². The van der Waals surface area contributed by atoms with Crippen molar-refractivity contribution >= 4 is 97.7 Å². The molecular weight excluding hydrogens is 1190 g/mol. The molecule has 3 aliphatic rings. The highest BCUT2D eigenvalue weighted by Gasteiger charge is 2.52. The van der Waals surface area contributed by atoms with Crippen molar-refractivity contribution in [3.63, 3.8) is 0 Å². The van der Waals surface area contributed by atoms with E-state index in [0.29, 0.717) is 36.0 Å². The number of imidazole rings is 2. The van der Waals surface area contributed by atoms with Crippen molar-refractivity contribution in [2.24, 2.45) is 14.1 Å². The molecule has 9 heterocycles. The number of aliphatic hydroxyl groups excluding tert-OH is 1. The standard InChI is InChI=1S/C29H29N7O2.C27H34BNO5.C11H10BrN5/c1-33(2)21-7-8-23-19(15-21)9-13-36(29(23)38)26-6-4-5-22(24(26)18-37)20-16-25(28-30-11-14-35(28)17-20)31-27-10-12-34(3)32-27;1-17(2)19-11-12-21-20(15-19)13-14-29(25(21)31)24-10-8-9-23(22(24)16-32-18(3)30)28-33-26(4,5)27(6,7)34-28;1-16-4-2-10(15-16)14-9-6-8(12)7-17-5-3-13-11(9)17/h4-8,10-12,14-17,37H,9,13,18H2,1-3H3,(H,31,32);8-12,15,17H,13-14,16H2,1-7H3;2-7H,1H3,(H,14,15). The molecule has 13 rings (SSSR count). The second-order valence-electron chi connectivity index (χ2n) is 23.9. The number of anilines is 7. The number of esters is 1. The van der Waals surface area contributed by atoms with Gasteiger partial charge in [-0.2, -0.15) is 10.2 Å². The number of fused-ring (bicyclic) bond motifs is 4. The fourth-order valence-corrected chi connectivity index (χ4v) is 11.8. The Bertz CT molecular complexity index is 4280. The second kappa shape index (κ2) is 25.2. The zero-order valence-corrected chi connectivity index (χ0v) is 53.5. The number of carbonyl (C=O) groups is 3. The van der Waals surface area contributed by atoms with Crippen LogP contribution < -0.4 is 30.8 Å². The molecule has 22 heteroatoms. The first-order valence-corrected chi connectivity index (χ1v) is 30.4. The van der Waals surface area contributed by atoms with E-state index in [1.165, 1.54) is 12.5 Å². The van der Waals surface area contributed by atoms with Gasteiger partial charge in [0.1, 0.15) is 6.61 Å². The van der Waals surface area contributed by atoms with Crippen LogP contribution in [0.5, 0.6) is 0 Å². The monoisotopic (exact) mass is 1260 g/mol. The molecule has 4 aromatic carbocycles. The van der Waals surface area contributed by atoms with Crippen molar-refractivity contribution in [3.8, 4) is 11.1 Å². The van der Waals surface area contributed by atoms with E-state index in [1.807, 2.05) is 192 Å². The fourth-order valence-electron chi connectivity index (χ4n) is 11.3. The number of aliphatic hydroxyl groups is 1. The van der Waals surface area contributed by atoms with Crippen LogP contribution in [-0.4, -0.2) is 107 Å². The Hall–Kier alpha value is -9.09. The molecule has 0 unspecified atom stereocenters. The lowest BCUT2D eigenvalue weighted by atomic mass is 9.75. The van der Waals surface area contributed by atoms with E-state index >= 15 is 0 Å². The van der Waals surface area contributed by atoms with Crippen LogP contribution in [0.1, 0.15) is 103 Å². The Morgan fingerprint density at radius 3 is 1.81 bits per heavy atom. The summed E-state index contributed by atoms with van der Waals surface area (Å²) in [4.78, 5) is 53.3. The number of hydrogen-bond acceptors (Lipinski definition) is 14. The van der Waals surface area contributed by atoms with Crippen LogP contribution >= 0.6 is 15.9 Å². The first kappa shape index (κ1) is 61.6. The topological polar surface area (TPSA) is 203 Å². The number of ether oxygens (including phenoxy) is 1. The summed E-state index contributed by atoms with van der Waals surface area (Å²) in [7, 11) is 7.12. The predicted octanol–water partition coefficient (Wildman–Crippen LogP) is 11.2. The number of aromatic nitrogens is 8. The van der Waals surface area contributed by atoms with Crippen LogP contribution in [0, 0.1) is 0 Å². The molecule has 458 valence electrons. The summed E-state index contributed by atoms with van der Waals surface area (Å²) in [5, 5.41) is 25.9. The number of hydrogen-bond donors (Lipinski definition) is 3. The van der Waals surface area contributed by atoms with E-state index in [0.717, 1.165) is 102 Å². The molecule has 6 aromatic heterocycles. The smallest absolute Gasteiger partial charge is 0.461 e. The number of aryl methyl sites for hydroxylation is 2. The van der Waals surface area contributed by atoms with Crippen LogP contribution in [-0.2, 0) is 59.0 Å². The van der Waals surface area contributed by atoms with Crippen LogP contribution in [0.25, 0.3) is 22.4 Å². The molecule has 0 aliphatic carbocycles. The van der Waals surface area contributed by atoms with Crippen molar-refractivity contribution in [2.75, 3.05) is 52.5 Å². The summed E-state index contributed by atoms with van der Waals surface area (Å²) in [6, 6.07) is 31.4. The van der Waals surface area contributed by atoms with Crippen LogP contribution in [0.15, 0.2) is 151 Å². The summed E-state index contributed by atoms with van der Waals surface area (Å²) in [5.41, 5.74) is 13.6. The molecule has 0 atom stereocenters. The second-order valence-corrected chi connectivity index (χ2v) is 24.8. The van der Waals surface area contributed by atoms with Gasteiger partial charge in [-0.05, 0) is 139 Å². The van der Waals surface area contributed by atoms with E-state index in [2.05, 4.69) is 72.7 Å². The third-order valence-electron chi connectivity index (χ3n) is 16.8. The van der Waals surface area contributed by atoms with Gasteiger partial charge >= 0.3 is 13.1 Å². The minimum atomic E-state index is -0.628. The average molecular weight is 1260 g/mol. The van der Waals surface area contributed by atoms with Gasteiger partial charge < -0.3 is 53.3 Å². The maximum absolute atomic E-state index is 13.6. The molecule has 1 saturated heterocycles. The quantitative estimate of drug-likeness (QED) is 0.0726. The van der Waals surface area contributed by atoms with E-state index in [-0.39, 0.29) is 31.0 Å². The number of amides is 2. The van der Waals surface area contributed by atoms with E-state index in [9.17, 15) is 19.5 Å². The fraction of sp³-hybridized carbons (Fsp3) is 0.299. The highest BCUT2D eigenvalue weighted by atomic mass is 79.9. The molecule has 10 aromatic rings. The lowest BCUT2D eigenvalue weighted by Gasteiger charge is -2.32. The van der Waals surface area contributed by atoms with E-state index < -0.39 is 18.3 Å². The number of nitrogens with one attached hydrogen (secondary N) is 2. The van der Waals surface area contributed by atoms with Gasteiger partial charge in [-0.1, -0.05) is 50.2 Å². The largest absolute Gasteiger partial charge is 0.495 e. The van der Waals surface area contributed by atoms with Gasteiger partial charge in [0.05, 0.1) is 40.6 Å². The Morgan fingerprint density at radius 2 is 1.26 bits per heavy atom. The minimum absolute atomic E-state index is 0.0356. The van der Waals surface area contributed by atoms with Gasteiger partial charge in [0.15, 0.2) is 22.9 Å². The molecular formula is C67H73BBrN13O7.